The third-order valence-electron chi connectivity index (χ3n) is 3.58. The first-order chi connectivity index (χ1) is 12.1. The van der Waals surface area contributed by atoms with E-state index < -0.39 is 5.63 Å². The molecule has 3 rings (SSSR count). The number of hydrogen-bond donors (Lipinski definition) is 2. The number of nitrogens with one attached hydrogen (secondary N) is 2. The Kier molecular flexibility index (Phi) is 4.94. The first kappa shape index (κ1) is 16.9. The molecule has 0 aliphatic heterocycles. The first-order valence-electron chi connectivity index (χ1n) is 7.65. The van der Waals surface area contributed by atoms with Crippen LogP contribution in [0.1, 0.15) is 20.3 Å². The fourth-order valence-electron chi connectivity index (χ4n) is 2.06. The summed E-state index contributed by atoms with van der Waals surface area (Å²) in [5.74, 6) is 0.723. The Morgan fingerprint density at radius 3 is 2.88 bits per heavy atom. The maximum Gasteiger partial charge on any atom is 0.437 e. The largest absolute Gasteiger partial charge is 0.497 e. The zero-order valence-electron chi connectivity index (χ0n) is 14.1. The van der Waals surface area contributed by atoms with Crippen molar-refractivity contribution in [1.82, 2.24) is 10.3 Å². The number of aromatic nitrogens is 3. The van der Waals surface area contributed by atoms with Crippen LogP contribution in [-0.2, 0) is 0 Å². The van der Waals surface area contributed by atoms with Crippen LogP contribution in [0, 0.1) is 0 Å². The van der Waals surface area contributed by atoms with Crippen molar-refractivity contribution >= 4 is 22.2 Å². The lowest BCUT2D eigenvalue weighted by Gasteiger charge is -1.97. The van der Waals surface area contributed by atoms with E-state index in [0.717, 1.165) is 23.6 Å². The smallest absolute Gasteiger partial charge is 0.437 e. The highest BCUT2D eigenvalue weighted by Gasteiger charge is 2.27. The molecule has 0 bridgehead atoms. The van der Waals surface area contributed by atoms with Gasteiger partial charge in [-0.1, -0.05) is 6.92 Å². The van der Waals surface area contributed by atoms with E-state index in [9.17, 15) is 4.79 Å². The third kappa shape index (κ3) is 3.61. The molecule has 0 unspecified atom stereocenters. The summed E-state index contributed by atoms with van der Waals surface area (Å²) in [5.41, 5.74) is 4.90. The fourth-order valence-corrected chi connectivity index (χ4v) is 2.70. The normalized spacial score (nSPS) is 11.6. The molecule has 0 spiro atoms. The Morgan fingerprint density at radius 1 is 1.44 bits per heavy atom. The monoisotopic (exact) mass is 360 g/mol. The van der Waals surface area contributed by atoms with E-state index in [1.54, 1.807) is 29.3 Å². The standard InChI is InChI=1S/C16H17N5O3S/c1-4-10(2)18-19-16-17-13(9-25-16)14-15(22)24-20-21(14)11-5-7-12(23-3)8-6-11/h5-9H,4H2,1-3H3,(H-,17,19,20,22)/p+1/b18-10+. The molecule has 3 aromatic rings. The van der Waals surface area contributed by atoms with Crippen LogP contribution in [-0.4, -0.2) is 23.1 Å². The molecule has 9 heteroatoms. The second-order valence-corrected chi connectivity index (χ2v) is 6.07. The first-order valence-corrected chi connectivity index (χ1v) is 8.53. The van der Waals surface area contributed by atoms with Gasteiger partial charge in [0.1, 0.15) is 5.75 Å². The fraction of sp³-hybridized carbons (Fsp3) is 0.250. The Bertz CT molecular complexity index is 939. The molecule has 0 aliphatic carbocycles. The van der Waals surface area contributed by atoms with Crippen LogP contribution in [0.3, 0.4) is 0 Å². The van der Waals surface area contributed by atoms with Gasteiger partial charge in [-0.25, -0.2) is 9.78 Å². The van der Waals surface area contributed by atoms with Gasteiger partial charge in [-0.15, -0.1) is 11.3 Å². The van der Waals surface area contributed by atoms with E-state index in [1.807, 2.05) is 26.0 Å². The zero-order valence-corrected chi connectivity index (χ0v) is 14.9. The van der Waals surface area contributed by atoms with Gasteiger partial charge in [-0.3, -0.25) is 9.95 Å². The number of aromatic amines is 1. The van der Waals surface area contributed by atoms with E-state index in [2.05, 4.69) is 20.8 Å². The van der Waals surface area contributed by atoms with E-state index in [1.165, 1.54) is 11.3 Å². The molecule has 8 nitrogen and oxygen atoms in total. The van der Waals surface area contributed by atoms with E-state index in [4.69, 9.17) is 9.26 Å². The molecule has 0 fully saturated rings. The number of rotatable bonds is 6. The second-order valence-electron chi connectivity index (χ2n) is 5.21. The van der Waals surface area contributed by atoms with Crippen molar-refractivity contribution in [2.45, 2.75) is 20.3 Å². The van der Waals surface area contributed by atoms with Gasteiger partial charge >= 0.3 is 11.3 Å². The molecule has 0 amide bonds. The predicted molar refractivity (Wildman–Crippen MR) is 95.5 cm³/mol. The molecule has 0 aliphatic rings. The highest BCUT2D eigenvalue weighted by molar-refractivity contribution is 7.14. The van der Waals surface area contributed by atoms with Crippen LogP contribution < -0.4 is 20.5 Å². The summed E-state index contributed by atoms with van der Waals surface area (Å²) < 4.78 is 11.6. The molecular formula is C16H18N5O3S+. The van der Waals surface area contributed by atoms with Crippen molar-refractivity contribution in [3.63, 3.8) is 0 Å². The SMILES string of the molecule is CC/C(C)=N/Nc1nc(-c2c(=O)o[nH][n+]2-c2ccc(OC)cc2)cs1. The molecule has 0 atom stereocenters. The second kappa shape index (κ2) is 7.31. The summed E-state index contributed by atoms with van der Waals surface area (Å²) in [4.78, 5) is 16.5. The summed E-state index contributed by atoms with van der Waals surface area (Å²) >= 11 is 1.36. The molecule has 2 heterocycles. The number of nitrogens with zero attached hydrogens (tertiary/aromatic N) is 3. The zero-order chi connectivity index (χ0) is 17.8. The summed E-state index contributed by atoms with van der Waals surface area (Å²) in [6, 6.07) is 7.23. The highest BCUT2D eigenvalue weighted by atomic mass is 32.1. The van der Waals surface area contributed by atoms with E-state index >= 15 is 0 Å². The molecule has 0 saturated carbocycles. The average Bonchev–Trinajstić information content (AvgIpc) is 3.26. The van der Waals surface area contributed by atoms with Crippen molar-refractivity contribution < 1.29 is 13.9 Å². The number of thiazole rings is 1. The van der Waals surface area contributed by atoms with Gasteiger partial charge in [0.25, 0.3) is 0 Å². The number of H-pyrrole nitrogens is 1. The van der Waals surface area contributed by atoms with Crippen LogP contribution in [0.4, 0.5) is 5.13 Å². The lowest BCUT2D eigenvalue weighted by Crippen LogP contribution is -2.36. The molecule has 0 radical (unpaired) electrons. The van der Waals surface area contributed by atoms with Crippen molar-refractivity contribution in [3.8, 4) is 22.8 Å². The lowest BCUT2D eigenvalue weighted by molar-refractivity contribution is -0.660. The van der Waals surface area contributed by atoms with Crippen molar-refractivity contribution in [1.29, 1.82) is 0 Å². The number of hydrogen-bond acceptors (Lipinski definition) is 7. The number of ether oxygens (including phenoxy) is 1. The number of benzene rings is 1. The summed E-state index contributed by atoms with van der Waals surface area (Å²) in [5, 5.41) is 9.19. The summed E-state index contributed by atoms with van der Waals surface area (Å²) in [6.07, 6.45) is 0.851. The molecule has 2 N–H and O–H groups in total. The highest BCUT2D eigenvalue weighted by Crippen LogP contribution is 2.22. The van der Waals surface area contributed by atoms with Gasteiger partial charge in [-0.05, 0) is 35.4 Å². The van der Waals surface area contributed by atoms with Crippen LogP contribution >= 0.6 is 11.3 Å². The summed E-state index contributed by atoms with van der Waals surface area (Å²) in [7, 11) is 1.60. The molecule has 0 saturated heterocycles. The minimum atomic E-state index is -0.499. The predicted octanol–water partition coefficient (Wildman–Crippen LogP) is 2.57. The Hall–Kier alpha value is -2.94. The molecule has 2 aromatic heterocycles. The van der Waals surface area contributed by atoms with Crippen molar-refractivity contribution in [2.75, 3.05) is 12.5 Å². The lowest BCUT2D eigenvalue weighted by atomic mass is 10.3. The number of anilines is 1. The molecular weight excluding hydrogens is 342 g/mol. The Morgan fingerprint density at radius 2 is 2.20 bits per heavy atom. The molecule has 25 heavy (non-hydrogen) atoms. The van der Waals surface area contributed by atoms with Crippen molar-refractivity contribution in [3.05, 3.63) is 40.1 Å². The van der Waals surface area contributed by atoms with Crippen molar-refractivity contribution in [2.24, 2.45) is 5.10 Å². The topological polar surface area (TPSA) is 96.4 Å². The van der Waals surface area contributed by atoms with E-state index in [-0.39, 0.29) is 0 Å². The quantitative estimate of drug-likeness (QED) is 0.400. The maximum absolute atomic E-state index is 12.1. The third-order valence-corrected chi connectivity index (χ3v) is 4.33. The van der Waals surface area contributed by atoms with Crippen LogP contribution in [0.5, 0.6) is 5.75 Å². The Labute approximate surface area is 147 Å². The minimum absolute atomic E-state index is 0.311. The average molecular weight is 360 g/mol. The van der Waals surface area contributed by atoms with Gasteiger partial charge in [0.2, 0.25) is 10.8 Å². The van der Waals surface area contributed by atoms with E-state index in [0.29, 0.717) is 16.5 Å². The van der Waals surface area contributed by atoms with Crippen LogP contribution in [0.25, 0.3) is 17.1 Å². The van der Waals surface area contributed by atoms with Gasteiger partial charge in [-0.2, -0.15) is 5.10 Å². The van der Waals surface area contributed by atoms with Gasteiger partial charge in [0.15, 0.2) is 5.69 Å². The van der Waals surface area contributed by atoms with Gasteiger partial charge in [0, 0.05) is 23.2 Å². The summed E-state index contributed by atoms with van der Waals surface area (Å²) in [6.45, 7) is 3.95. The van der Waals surface area contributed by atoms with Gasteiger partial charge < -0.3 is 4.74 Å². The van der Waals surface area contributed by atoms with Crippen LogP contribution in [0.15, 0.2) is 44.1 Å². The molecule has 1 aromatic carbocycles. The van der Waals surface area contributed by atoms with Gasteiger partial charge in [0.05, 0.1) is 7.11 Å². The Balaban J connectivity index is 1.94. The van der Waals surface area contributed by atoms with Crippen LogP contribution in [0.2, 0.25) is 0 Å². The minimum Gasteiger partial charge on any atom is -0.497 e. The number of hydrazone groups is 1. The molecule has 130 valence electrons. The maximum atomic E-state index is 12.1. The number of methoxy groups -OCH3 is 1.